The van der Waals surface area contributed by atoms with Crippen LogP contribution < -0.4 is 5.32 Å². The van der Waals surface area contributed by atoms with Gasteiger partial charge in [0.05, 0.1) is 18.2 Å². The Hall–Kier alpha value is -2.72. The number of hydrogen-bond acceptors (Lipinski definition) is 6. The van der Waals surface area contributed by atoms with Gasteiger partial charge >= 0.3 is 0 Å². The zero-order valence-corrected chi connectivity index (χ0v) is 18.9. The molecule has 2 aromatic carbocycles. The van der Waals surface area contributed by atoms with Gasteiger partial charge in [-0.15, -0.1) is 0 Å². The monoisotopic (exact) mass is 469 g/mol. The molecule has 7 nitrogen and oxygen atoms in total. The highest BCUT2D eigenvalue weighted by Gasteiger charge is 2.27. The number of nitrogens with zero attached hydrogens (tertiary/aromatic N) is 2. The number of anilines is 1. The van der Waals surface area contributed by atoms with Gasteiger partial charge in [-0.25, -0.2) is 13.4 Å². The molecule has 0 aliphatic carbocycles. The summed E-state index contributed by atoms with van der Waals surface area (Å²) < 4.78 is 32.3. The fraction of sp³-hybridized carbons (Fsp3) is 0.217. The van der Waals surface area contributed by atoms with E-state index in [1.807, 2.05) is 60.7 Å². The van der Waals surface area contributed by atoms with Crippen molar-refractivity contribution >= 4 is 33.4 Å². The van der Waals surface area contributed by atoms with Crippen LogP contribution >= 0.6 is 11.8 Å². The van der Waals surface area contributed by atoms with E-state index in [-0.39, 0.29) is 10.8 Å². The Morgan fingerprint density at radius 2 is 1.62 bits per heavy atom. The first-order valence-corrected chi connectivity index (χ1v) is 12.5. The van der Waals surface area contributed by atoms with Crippen molar-refractivity contribution < 1.29 is 17.9 Å². The smallest absolute Gasteiger partial charge is 0.244 e. The number of sulfonamides is 1. The third kappa shape index (κ3) is 5.36. The number of hydrogen-bond donors (Lipinski definition) is 1. The third-order valence-electron chi connectivity index (χ3n) is 4.94. The number of morpholine rings is 1. The van der Waals surface area contributed by atoms with Crippen molar-refractivity contribution in [2.24, 2.45) is 0 Å². The minimum atomic E-state index is -3.61. The van der Waals surface area contributed by atoms with Gasteiger partial charge in [0.25, 0.3) is 0 Å². The van der Waals surface area contributed by atoms with E-state index in [2.05, 4.69) is 10.3 Å². The molecule has 0 bridgehead atoms. The van der Waals surface area contributed by atoms with Crippen molar-refractivity contribution in [3.8, 4) is 0 Å². The largest absolute Gasteiger partial charge is 0.379 e. The quantitative estimate of drug-likeness (QED) is 0.532. The average molecular weight is 470 g/mol. The highest BCUT2D eigenvalue weighted by Crippen LogP contribution is 2.35. The van der Waals surface area contributed by atoms with Crippen molar-refractivity contribution in [3.05, 3.63) is 84.6 Å². The molecule has 32 heavy (non-hydrogen) atoms. The van der Waals surface area contributed by atoms with E-state index in [9.17, 15) is 13.2 Å². The third-order valence-corrected chi connectivity index (χ3v) is 8.02. The zero-order chi connectivity index (χ0) is 22.4. The maximum absolute atomic E-state index is 13.1. The molecule has 1 aliphatic rings. The molecule has 1 atom stereocenters. The van der Waals surface area contributed by atoms with Gasteiger partial charge in [-0.05, 0) is 29.8 Å². The van der Waals surface area contributed by atoms with E-state index in [4.69, 9.17) is 4.74 Å². The molecule has 2 heterocycles. The highest BCUT2D eigenvalue weighted by atomic mass is 32.2. The first-order chi connectivity index (χ1) is 15.5. The molecule has 0 spiro atoms. The van der Waals surface area contributed by atoms with Crippen molar-refractivity contribution in [1.29, 1.82) is 0 Å². The number of rotatable bonds is 7. The fourth-order valence-corrected chi connectivity index (χ4v) is 5.59. The lowest BCUT2D eigenvalue weighted by atomic mass is 10.1. The van der Waals surface area contributed by atoms with Crippen molar-refractivity contribution in [3.63, 3.8) is 0 Å². The summed E-state index contributed by atoms with van der Waals surface area (Å²) >= 11 is 1.27. The average Bonchev–Trinajstić information content (AvgIpc) is 2.84. The summed E-state index contributed by atoms with van der Waals surface area (Å²) in [6.45, 7) is 1.43. The lowest BCUT2D eigenvalue weighted by Gasteiger charge is -2.25. The van der Waals surface area contributed by atoms with Gasteiger partial charge in [0, 0.05) is 25.0 Å². The van der Waals surface area contributed by atoms with Gasteiger partial charge in [0.2, 0.25) is 15.9 Å². The van der Waals surface area contributed by atoms with E-state index in [0.29, 0.717) is 37.0 Å². The maximum Gasteiger partial charge on any atom is 0.244 e. The van der Waals surface area contributed by atoms with Crippen LogP contribution in [0.25, 0.3) is 0 Å². The molecule has 1 aromatic heterocycles. The lowest BCUT2D eigenvalue weighted by Crippen LogP contribution is -2.40. The summed E-state index contributed by atoms with van der Waals surface area (Å²) in [5.74, 6) is -0.181. The number of pyridine rings is 1. The molecule has 0 saturated carbocycles. The van der Waals surface area contributed by atoms with Crippen molar-refractivity contribution in [2.45, 2.75) is 15.2 Å². The van der Waals surface area contributed by atoms with Crippen LogP contribution in [0.3, 0.4) is 0 Å². The molecule has 1 saturated heterocycles. The number of para-hydroxylation sites is 1. The van der Waals surface area contributed by atoms with E-state index in [0.717, 1.165) is 5.56 Å². The summed E-state index contributed by atoms with van der Waals surface area (Å²) in [7, 11) is -3.61. The molecule has 9 heteroatoms. The SMILES string of the molecule is O=C(Nc1ccccc1)C(Sc1ccc(S(=O)(=O)N2CCOCC2)cn1)c1ccccc1. The van der Waals surface area contributed by atoms with Crippen LogP contribution in [0, 0.1) is 0 Å². The van der Waals surface area contributed by atoms with Gasteiger partial charge in [0.1, 0.15) is 10.1 Å². The minimum Gasteiger partial charge on any atom is -0.379 e. The Morgan fingerprint density at radius 3 is 2.25 bits per heavy atom. The molecule has 166 valence electrons. The standard InChI is InChI=1S/C23H23N3O4S2/c27-23(25-19-9-5-2-6-10-19)22(18-7-3-1-4-8-18)31-21-12-11-20(17-24-21)32(28,29)26-13-15-30-16-14-26/h1-12,17,22H,13-16H2,(H,25,27). The molecule has 1 aliphatic heterocycles. The second kappa shape index (κ2) is 10.3. The number of carbonyl (C=O) groups excluding carboxylic acids is 1. The molecule has 1 unspecified atom stereocenters. The Bertz CT molecular complexity index is 1130. The summed E-state index contributed by atoms with van der Waals surface area (Å²) in [6.07, 6.45) is 1.35. The van der Waals surface area contributed by atoms with Gasteiger partial charge in [0.15, 0.2) is 0 Å². The Balaban J connectivity index is 1.54. The molecule has 1 fully saturated rings. The van der Waals surface area contributed by atoms with Crippen LogP contribution in [0.5, 0.6) is 0 Å². The van der Waals surface area contributed by atoms with E-state index < -0.39 is 15.3 Å². The van der Waals surface area contributed by atoms with Crippen LogP contribution in [0.4, 0.5) is 5.69 Å². The van der Waals surface area contributed by atoms with Gasteiger partial charge in [-0.3, -0.25) is 4.79 Å². The molecule has 3 aromatic rings. The topological polar surface area (TPSA) is 88.6 Å². The molecule has 1 amide bonds. The van der Waals surface area contributed by atoms with Crippen LogP contribution in [-0.4, -0.2) is 49.9 Å². The summed E-state index contributed by atoms with van der Waals surface area (Å²) in [5.41, 5.74) is 1.54. The number of ether oxygens (including phenoxy) is 1. The van der Waals surface area contributed by atoms with Crippen LogP contribution in [0.15, 0.2) is 88.9 Å². The van der Waals surface area contributed by atoms with Crippen LogP contribution in [0.1, 0.15) is 10.8 Å². The van der Waals surface area contributed by atoms with E-state index >= 15 is 0 Å². The van der Waals surface area contributed by atoms with E-state index in [1.54, 1.807) is 6.07 Å². The van der Waals surface area contributed by atoms with E-state index in [1.165, 1.54) is 28.3 Å². The number of carbonyl (C=O) groups is 1. The van der Waals surface area contributed by atoms with Crippen molar-refractivity contribution in [2.75, 3.05) is 31.6 Å². The molecule has 4 rings (SSSR count). The van der Waals surface area contributed by atoms with Crippen molar-refractivity contribution in [1.82, 2.24) is 9.29 Å². The Labute approximate surface area is 191 Å². The second-order valence-electron chi connectivity index (χ2n) is 7.11. The summed E-state index contributed by atoms with van der Waals surface area (Å²) in [4.78, 5) is 17.5. The number of amides is 1. The van der Waals surface area contributed by atoms with Crippen LogP contribution in [0.2, 0.25) is 0 Å². The molecular weight excluding hydrogens is 446 g/mol. The van der Waals surface area contributed by atoms with Gasteiger partial charge < -0.3 is 10.1 Å². The van der Waals surface area contributed by atoms with Crippen LogP contribution in [-0.2, 0) is 19.6 Å². The molecule has 0 radical (unpaired) electrons. The fourth-order valence-electron chi connectivity index (χ4n) is 3.28. The Kier molecular flexibility index (Phi) is 7.21. The lowest BCUT2D eigenvalue weighted by molar-refractivity contribution is -0.115. The number of benzene rings is 2. The summed E-state index contributed by atoms with van der Waals surface area (Å²) in [5, 5.41) is 2.95. The number of aromatic nitrogens is 1. The number of thioether (sulfide) groups is 1. The predicted octanol–water partition coefficient (Wildman–Crippen LogP) is 3.57. The maximum atomic E-state index is 13.1. The van der Waals surface area contributed by atoms with Gasteiger partial charge in [-0.2, -0.15) is 4.31 Å². The number of nitrogens with one attached hydrogen (secondary N) is 1. The predicted molar refractivity (Wildman–Crippen MR) is 124 cm³/mol. The normalized spacial score (nSPS) is 15.8. The Morgan fingerprint density at radius 1 is 0.969 bits per heavy atom. The molecule has 1 N–H and O–H groups in total. The highest BCUT2D eigenvalue weighted by molar-refractivity contribution is 8.00. The summed E-state index contributed by atoms with van der Waals surface area (Å²) in [6, 6.07) is 21.9. The first kappa shape index (κ1) is 22.5. The zero-order valence-electron chi connectivity index (χ0n) is 17.3. The minimum absolute atomic E-state index is 0.133. The first-order valence-electron chi connectivity index (χ1n) is 10.2. The second-order valence-corrected chi connectivity index (χ2v) is 10.2. The molecular formula is C23H23N3O4S2. The van der Waals surface area contributed by atoms with Gasteiger partial charge in [-0.1, -0.05) is 60.3 Å².